The van der Waals surface area contributed by atoms with Crippen molar-refractivity contribution < 1.29 is 18.7 Å². The monoisotopic (exact) mass is 303 g/mol. The highest BCUT2D eigenvalue weighted by molar-refractivity contribution is 5.77. The fraction of sp³-hybridized carbons (Fsp3) is 0.235. The van der Waals surface area contributed by atoms with Gasteiger partial charge in [0.15, 0.2) is 6.61 Å². The molecule has 116 valence electrons. The number of ether oxygens (including phenoxy) is 2. The number of hydrogen-bond acceptors (Lipinski definition) is 3. The van der Waals surface area contributed by atoms with Crippen LogP contribution in [0.4, 0.5) is 4.39 Å². The average molecular weight is 303 g/mol. The van der Waals surface area contributed by atoms with Gasteiger partial charge in [-0.3, -0.25) is 4.79 Å². The summed E-state index contributed by atoms with van der Waals surface area (Å²) in [4.78, 5) is 11.6. The maximum atomic E-state index is 12.7. The lowest BCUT2D eigenvalue weighted by Crippen LogP contribution is -2.30. The molecule has 0 aliphatic carbocycles. The predicted molar refractivity (Wildman–Crippen MR) is 81.5 cm³/mol. The number of halogens is 1. The van der Waals surface area contributed by atoms with Crippen LogP contribution in [-0.2, 0) is 4.79 Å². The van der Waals surface area contributed by atoms with Crippen LogP contribution in [-0.4, -0.2) is 25.7 Å². The number of carbonyl (C=O) groups is 1. The third-order valence-electron chi connectivity index (χ3n) is 2.84. The lowest BCUT2D eigenvalue weighted by Gasteiger charge is -2.08. The molecule has 0 bridgehead atoms. The Morgan fingerprint density at radius 1 is 0.955 bits per heavy atom. The second kappa shape index (κ2) is 8.67. The number of carbonyl (C=O) groups excluding carboxylic acids is 1. The normalized spacial score (nSPS) is 10.0. The van der Waals surface area contributed by atoms with Crippen LogP contribution in [0, 0.1) is 5.82 Å². The summed E-state index contributed by atoms with van der Waals surface area (Å²) in [6.45, 7) is 0.937. The van der Waals surface area contributed by atoms with Crippen molar-refractivity contribution in [3.8, 4) is 11.5 Å². The van der Waals surface area contributed by atoms with Crippen LogP contribution in [0.5, 0.6) is 11.5 Å². The van der Waals surface area contributed by atoms with Gasteiger partial charge < -0.3 is 14.8 Å². The number of para-hydroxylation sites is 1. The largest absolute Gasteiger partial charge is 0.494 e. The molecule has 0 aromatic heterocycles. The van der Waals surface area contributed by atoms with Crippen molar-refractivity contribution in [2.75, 3.05) is 19.8 Å². The van der Waals surface area contributed by atoms with Gasteiger partial charge in [0.05, 0.1) is 6.61 Å². The molecule has 1 amide bonds. The van der Waals surface area contributed by atoms with Crippen LogP contribution >= 0.6 is 0 Å². The summed E-state index contributed by atoms with van der Waals surface area (Å²) in [6.07, 6.45) is 0.661. The third-order valence-corrected chi connectivity index (χ3v) is 2.84. The van der Waals surface area contributed by atoms with Crippen molar-refractivity contribution in [3.05, 3.63) is 60.4 Å². The Hall–Kier alpha value is -2.56. The molecular weight excluding hydrogens is 285 g/mol. The Bertz CT molecular complexity index is 572. The van der Waals surface area contributed by atoms with Gasteiger partial charge in [-0.2, -0.15) is 0 Å². The van der Waals surface area contributed by atoms with E-state index in [1.807, 2.05) is 18.2 Å². The number of rotatable bonds is 8. The summed E-state index contributed by atoms with van der Waals surface area (Å²) in [6, 6.07) is 15.0. The van der Waals surface area contributed by atoms with E-state index in [-0.39, 0.29) is 18.3 Å². The van der Waals surface area contributed by atoms with E-state index in [0.29, 0.717) is 31.1 Å². The van der Waals surface area contributed by atoms with Crippen molar-refractivity contribution in [1.29, 1.82) is 0 Å². The third kappa shape index (κ3) is 5.83. The molecule has 1 N–H and O–H groups in total. The quantitative estimate of drug-likeness (QED) is 0.763. The van der Waals surface area contributed by atoms with E-state index in [1.54, 1.807) is 24.3 Å². The Balaban J connectivity index is 1.54. The first-order valence-corrected chi connectivity index (χ1v) is 7.07. The number of benzene rings is 2. The molecule has 2 aromatic rings. The van der Waals surface area contributed by atoms with Gasteiger partial charge in [0.25, 0.3) is 5.91 Å². The standard InChI is InChI=1S/C17H18FNO3/c18-14-7-9-16(10-8-14)21-12-4-11-19-17(20)13-22-15-5-2-1-3-6-15/h1-3,5-10H,4,11-13H2,(H,19,20). The van der Waals surface area contributed by atoms with Crippen LogP contribution in [0.2, 0.25) is 0 Å². The Morgan fingerprint density at radius 2 is 1.64 bits per heavy atom. The molecule has 22 heavy (non-hydrogen) atoms. The number of nitrogens with one attached hydrogen (secondary N) is 1. The van der Waals surface area contributed by atoms with Crippen LogP contribution in [0.25, 0.3) is 0 Å². The molecule has 0 unspecified atom stereocenters. The molecule has 0 aliphatic heterocycles. The minimum Gasteiger partial charge on any atom is -0.494 e. The zero-order valence-corrected chi connectivity index (χ0v) is 12.1. The van der Waals surface area contributed by atoms with E-state index in [2.05, 4.69) is 5.32 Å². The Kier molecular flexibility index (Phi) is 6.23. The van der Waals surface area contributed by atoms with Gasteiger partial charge in [-0.15, -0.1) is 0 Å². The molecular formula is C17H18FNO3. The van der Waals surface area contributed by atoms with Gasteiger partial charge in [-0.05, 0) is 42.8 Å². The second-order valence-electron chi connectivity index (χ2n) is 4.61. The molecule has 0 saturated heterocycles. The van der Waals surface area contributed by atoms with E-state index in [9.17, 15) is 9.18 Å². The minimum absolute atomic E-state index is 0.0111. The molecule has 0 radical (unpaired) electrons. The summed E-state index contributed by atoms with van der Waals surface area (Å²) in [7, 11) is 0. The van der Waals surface area contributed by atoms with Crippen molar-refractivity contribution >= 4 is 5.91 Å². The zero-order valence-electron chi connectivity index (χ0n) is 12.1. The van der Waals surface area contributed by atoms with Crippen molar-refractivity contribution in [1.82, 2.24) is 5.32 Å². The fourth-order valence-electron chi connectivity index (χ4n) is 1.74. The Morgan fingerprint density at radius 3 is 2.36 bits per heavy atom. The van der Waals surface area contributed by atoms with Crippen molar-refractivity contribution in [2.24, 2.45) is 0 Å². The summed E-state index contributed by atoms with van der Waals surface area (Å²) in [5, 5.41) is 2.74. The van der Waals surface area contributed by atoms with E-state index in [1.165, 1.54) is 12.1 Å². The first-order chi connectivity index (χ1) is 10.7. The maximum absolute atomic E-state index is 12.7. The Labute approximate surface area is 128 Å². The van der Waals surface area contributed by atoms with Crippen molar-refractivity contribution in [2.45, 2.75) is 6.42 Å². The molecule has 0 fully saturated rings. The predicted octanol–water partition coefficient (Wildman–Crippen LogP) is 2.79. The molecule has 2 rings (SSSR count). The van der Waals surface area contributed by atoms with Gasteiger partial charge in [0, 0.05) is 6.54 Å². The average Bonchev–Trinajstić information content (AvgIpc) is 2.55. The van der Waals surface area contributed by atoms with Gasteiger partial charge in [0.2, 0.25) is 0 Å². The highest BCUT2D eigenvalue weighted by Crippen LogP contribution is 2.11. The van der Waals surface area contributed by atoms with E-state index >= 15 is 0 Å². The first kappa shape index (κ1) is 15.8. The second-order valence-corrected chi connectivity index (χ2v) is 4.61. The van der Waals surface area contributed by atoms with E-state index in [0.717, 1.165) is 0 Å². The lowest BCUT2D eigenvalue weighted by molar-refractivity contribution is -0.123. The topological polar surface area (TPSA) is 47.6 Å². The molecule has 0 spiro atoms. The molecule has 4 nitrogen and oxygen atoms in total. The fourth-order valence-corrected chi connectivity index (χ4v) is 1.74. The van der Waals surface area contributed by atoms with Gasteiger partial charge >= 0.3 is 0 Å². The van der Waals surface area contributed by atoms with Crippen LogP contribution in [0.3, 0.4) is 0 Å². The highest BCUT2D eigenvalue weighted by Gasteiger charge is 2.02. The zero-order chi connectivity index (χ0) is 15.6. The molecule has 0 atom stereocenters. The maximum Gasteiger partial charge on any atom is 0.257 e. The van der Waals surface area contributed by atoms with Crippen LogP contribution in [0.15, 0.2) is 54.6 Å². The SMILES string of the molecule is O=C(COc1ccccc1)NCCCOc1ccc(F)cc1. The lowest BCUT2D eigenvalue weighted by atomic mass is 10.3. The first-order valence-electron chi connectivity index (χ1n) is 7.07. The molecule has 0 heterocycles. The minimum atomic E-state index is -0.293. The summed E-state index contributed by atoms with van der Waals surface area (Å²) in [5.74, 6) is 0.807. The van der Waals surface area contributed by atoms with Gasteiger partial charge in [-0.25, -0.2) is 4.39 Å². The van der Waals surface area contributed by atoms with Gasteiger partial charge in [-0.1, -0.05) is 18.2 Å². The van der Waals surface area contributed by atoms with Gasteiger partial charge in [0.1, 0.15) is 17.3 Å². The highest BCUT2D eigenvalue weighted by atomic mass is 19.1. The molecule has 5 heteroatoms. The number of hydrogen-bond donors (Lipinski definition) is 1. The molecule has 0 saturated carbocycles. The van der Waals surface area contributed by atoms with Crippen LogP contribution in [0.1, 0.15) is 6.42 Å². The van der Waals surface area contributed by atoms with E-state index in [4.69, 9.17) is 9.47 Å². The smallest absolute Gasteiger partial charge is 0.257 e. The number of amides is 1. The summed E-state index contributed by atoms with van der Waals surface area (Å²) in [5.41, 5.74) is 0. The molecule has 0 aliphatic rings. The van der Waals surface area contributed by atoms with E-state index < -0.39 is 0 Å². The summed E-state index contributed by atoms with van der Waals surface area (Å²) < 4.78 is 23.4. The summed E-state index contributed by atoms with van der Waals surface area (Å²) >= 11 is 0. The molecule has 2 aromatic carbocycles. The van der Waals surface area contributed by atoms with Crippen molar-refractivity contribution in [3.63, 3.8) is 0 Å². The van der Waals surface area contributed by atoms with Crippen LogP contribution < -0.4 is 14.8 Å².